The number of nitrogens with zero attached hydrogens (tertiary/aromatic N) is 2. The molecule has 0 atom stereocenters. The van der Waals surface area contributed by atoms with Crippen molar-refractivity contribution in [1.82, 2.24) is 14.5 Å². The minimum atomic E-state index is -1.16. The Hall–Kier alpha value is -3.39. The second-order valence-electron chi connectivity index (χ2n) is 6.36. The largest absolute Gasteiger partial charge is 0.478 e. The van der Waals surface area contributed by atoms with Crippen LogP contribution in [0.4, 0.5) is 5.69 Å². The van der Waals surface area contributed by atoms with E-state index in [2.05, 4.69) is 15.3 Å². The quantitative estimate of drug-likeness (QED) is 0.584. The average molecular weight is 399 g/mol. The fourth-order valence-electron chi connectivity index (χ4n) is 3.42. The lowest BCUT2D eigenvalue weighted by Gasteiger charge is -2.08. The van der Waals surface area contributed by atoms with E-state index in [1.165, 1.54) is 6.08 Å². The van der Waals surface area contributed by atoms with Crippen molar-refractivity contribution in [3.8, 4) is 0 Å². The van der Waals surface area contributed by atoms with Gasteiger partial charge in [0.1, 0.15) is 17.0 Å². The molecule has 0 aliphatic carbocycles. The smallest absolute Gasteiger partial charge is 0.328 e. The molecule has 3 N–H and O–H groups in total. The third kappa shape index (κ3) is 3.18. The number of aromatic amines is 1. The Kier molecular flexibility index (Phi) is 4.48. The number of fused-ring (bicyclic) bond motifs is 3. The molecule has 3 aromatic rings. The third-order valence-electron chi connectivity index (χ3n) is 4.54. The van der Waals surface area contributed by atoms with Crippen LogP contribution in [0.5, 0.6) is 0 Å². The molecule has 0 radical (unpaired) electrons. The van der Waals surface area contributed by atoms with E-state index in [1.807, 2.05) is 4.57 Å². The minimum absolute atomic E-state index is 0.0738. The summed E-state index contributed by atoms with van der Waals surface area (Å²) in [6.07, 6.45) is 3.56. The second-order valence-corrected chi connectivity index (χ2v) is 6.79. The number of aliphatic carboxylic acids is 1. The Bertz CT molecular complexity index is 1190. The number of rotatable bonds is 4. The van der Waals surface area contributed by atoms with Crippen molar-refractivity contribution in [3.05, 3.63) is 62.9 Å². The number of carbonyl (C=O) groups is 2. The van der Waals surface area contributed by atoms with Crippen molar-refractivity contribution in [2.75, 3.05) is 5.32 Å². The van der Waals surface area contributed by atoms with Gasteiger partial charge in [-0.05, 0) is 43.2 Å². The summed E-state index contributed by atoms with van der Waals surface area (Å²) in [6, 6.07) is 6.68. The number of carboxylic acid groups (broad SMARTS) is 1. The van der Waals surface area contributed by atoms with Crippen LogP contribution in [0.1, 0.15) is 28.4 Å². The number of aromatic nitrogens is 3. The minimum Gasteiger partial charge on any atom is -0.478 e. The number of carboxylic acids is 1. The maximum Gasteiger partial charge on any atom is 0.328 e. The van der Waals surface area contributed by atoms with E-state index in [1.54, 1.807) is 24.3 Å². The Morgan fingerprint density at radius 2 is 2.04 bits per heavy atom. The van der Waals surface area contributed by atoms with Crippen LogP contribution >= 0.6 is 11.6 Å². The number of H-pyrrole nitrogens is 1. The van der Waals surface area contributed by atoms with Crippen LogP contribution in [-0.4, -0.2) is 31.5 Å². The Balaban J connectivity index is 1.84. The first-order chi connectivity index (χ1) is 13.4. The molecular formula is C19H15ClN4O4. The summed E-state index contributed by atoms with van der Waals surface area (Å²) in [6.45, 7) is 0.606. The zero-order valence-electron chi connectivity index (χ0n) is 14.5. The average Bonchev–Trinajstić information content (AvgIpc) is 3.21. The van der Waals surface area contributed by atoms with Crippen molar-refractivity contribution < 1.29 is 14.7 Å². The molecule has 3 heterocycles. The maximum absolute atomic E-state index is 13.0. The Morgan fingerprint density at radius 1 is 1.29 bits per heavy atom. The first-order valence-electron chi connectivity index (χ1n) is 8.57. The molecule has 0 unspecified atom stereocenters. The van der Waals surface area contributed by atoms with Crippen molar-refractivity contribution in [2.45, 2.75) is 19.4 Å². The molecule has 0 saturated heterocycles. The zero-order valence-corrected chi connectivity index (χ0v) is 15.3. The Morgan fingerprint density at radius 3 is 2.75 bits per heavy atom. The molecule has 0 saturated carbocycles. The molecule has 9 heteroatoms. The van der Waals surface area contributed by atoms with E-state index in [4.69, 9.17) is 16.7 Å². The third-order valence-corrected chi connectivity index (χ3v) is 4.79. The number of halogens is 1. The molecule has 8 nitrogen and oxygen atoms in total. The van der Waals surface area contributed by atoms with Gasteiger partial charge in [0, 0.05) is 29.0 Å². The monoisotopic (exact) mass is 398 g/mol. The lowest BCUT2D eigenvalue weighted by Crippen LogP contribution is -2.17. The van der Waals surface area contributed by atoms with E-state index in [0.29, 0.717) is 29.1 Å². The van der Waals surface area contributed by atoms with E-state index >= 15 is 0 Å². The molecule has 1 aliphatic rings. The highest BCUT2D eigenvalue weighted by molar-refractivity contribution is 6.30. The molecule has 0 bridgehead atoms. The van der Waals surface area contributed by atoms with Crippen LogP contribution in [0, 0.1) is 0 Å². The summed E-state index contributed by atoms with van der Waals surface area (Å²) in [5.41, 5.74) is 1.47. The normalized spacial score (nSPS) is 13.2. The van der Waals surface area contributed by atoms with Crippen LogP contribution in [0.15, 0.2) is 35.1 Å². The summed E-state index contributed by atoms with van der Waals surface area (Å²) in [5.74, 6) is -1.49. The number of hydrogen-bond donors (Lipinski definition) is 3. The van der Waals surface area contributed by atoms with E-state index < -0.39 is 17.4 Å². The first kappa shape index (κ1) is 18.0. The number of aryl methyl sites for hydroxylation is 1. The van der Waals surface area contributed by atoms with Crippen molar-refractivity contribution in [3.63, 3.8) is 0 Å². The van der Waals surface area contributed by atoms with Gasteiger partial charge in [0.25, 0.3) is 11.5 Å². The molecular weight excluding hydrogens is 384 g/mol. The number of nitrogens with one attached hydrogen (secondary N) is 2. The van der Waals surface area contributed by atoms with Gasteiger partial charge in [-0.3, -0.25) is 9.59 Å². The van der Waals surface area contributed by atoms with E-state index in [0.717, 1.165) is 18.2 Å². The summed E-state index contributed by atoms with van der Waals surface area (Å²) in [7, 11) is 0. The van der Waals surface area contributed by atoms with Crippen molar-refractivity contribution in [1.29, 1.82) is 0 Å². The molecule has 1 aromatic carbocycles. The number of amides is 1. The van der Waals surface area contributed by atoms with Gasteiger partial charge in [0.05, 0.1) is 5.39 Å². The van der Waals surface area contributed by atoms with Crippen LogP contribution in [0.2, 0.25) is 5.02 Å². The lowest BCUT2D eigenvalue weighted by molar-refractivity contribution is -0.131. The van der Waals surface area contributed by atoms with Gasteiger partial charge in [-0.2, -0.15) is 0 Å². The van der Waals surface area contributed by atoms with E-state index in [9.17, 15) is 14.4 Å². The highest BCUT2D eigenvalue weighted by Gasteiger charge is 2.28. The van der Waals surface area contributed by atoms with Crippen LogP contribution in [0.3, 0.4) is 0 Å². The maximum atomic E-state index is 13.0. The van der Waals surface area contributed by atoms with Gasteiger partial charge in [-0.1, -0.05) is 11.6 Å². The standard InChI is InChI=1S/C19H15ClN4O4/c20-10-3-5-11(6-4-10)21-19(28)17-16-15(12-2-1-9-24(12)17)18(27)23-13(22-16)7-8-14(25)26/h3-8H,1-2,9H2,(H,21,28)(H,25,26)(H,22,23,27)/b8-7-. The summed E-state index contributed by atoms with van der Waals surface area (Å²) in [4.78, 5) is 43.3. The highest BCUT2D eigenvalue weighted by atomic mass is 35.5. The highest BCUT2D eigenvalue weighted by Crippen LogP contribution is 2.29. The number of benzene rings is 1. The molecule has 1 aliphatic heterocycles. The predicted octanol–water partition coefficient (Wildman–Crippen LogP) is 2.67. The van der Waals surface area contributed by atoms with Gasteiger partial charge < -0.3 is 20.0 Å². The molecule has 142 valence electrons. The van der Waals surface area contributed by atoms with Gasteiger partial charge in [-0.15, -0.1) is 0 Å². The molecule has 2 aromatic heterocycles. The topological polar surface area (TPSA) is 117 Å². The molecule has 1 amide bonds. The predicted molar refractivity (Wildman–Crippen MR) is 105 cm³/mol. The fourth-order valence-corrected chi connectivity index (χ4v) is 3.55. The molecule has 4 rings (SSSR count). The van der Waals surface area contributed by atoms with E-state index in [-0.39, 0.29) is 17.0 Å². The van der Waals surface area contributed by atoms with Gasteiger partial charge in [-0.25, -0.2) is 9.78 Å². The summed E-state index contributed by atoms with van der Waals surface area (Å²) in [5, 5.41) is 12.5. The summed E-state index contributed by atoms with van der Waals surface area (Å²) >= 11 is 5.88. The van der Waals surface area contributed by atoms with Crippen LogP contribution in [-0.2, 0) is 17.8 Å². The number of carbonyl (C=O) groups excluding carboxylic acids is 1. The van der Waals surface area contributed by atoms with Crippen molar-refractivity contribution in [2.24, 2.45) is 0 Å². The number of hydrogen-bond acceptors (Lipinski definition) is 4. The van der Waals surface area contributed by atoms with Crippen molar-refractivity contribution >= 4 is 46.1 Å². The molecule has 0 spiro atoms. The van der Waals surface area contributed by atoms with Gasteiger partial charge >= 0.3 is 5.97 Å². The zero-order chi connectivity index (χ0) is 19.8. The molecule has 28 heavy (non-hydrogen) atoms. The first-order valence-corrected chi connectivity index (χ1v) is 8.95. The van der Waals surface area contributed by atoms with Gasteiger partial charge in [0.2, 0.25) is 0 Å². The number of anilines is 1. The Labute approximate surface area is 163 Å². The van der Waals surface area contributed by atoms with Crippen LogP contribution in [0.25, 0.3) is 17.0 Å². The fraction of sp³-hybridized carbons (Fsp3) is 0.158. The van der Waals surface area contributed by atoms with Gasteiger partial charge in [0.15, 0.2) is 0 Å². The van der Waals surface area contributed by atoms with Crippen LogP contribution < -0.4 is 10.9 Å². The second kappa shape index (κ2) is 6.97. The molecule has 0 fully saturated rings. The lowest BCUT2D eigenvalue weighted by atomic mass is 10.2. The SMILES string of the molecule is O=C(O)/C=C\c1nc2c(C(=O)Nc3ccc(Cl)cc3)n3c(c2c(=O)[nH]1)CCC3. The summed E-state index contributed by atoms with van der Waals surface area (Å²) < 4.78 is 1.81.